The van der Waals surface area contributed by atoms with E-state index in [1.165, 1.54) is 7.11 Å². The largest absolute Gasteiger partial charge is 0.375 e. The van der Waals surface area contributed by atoms with Crippen molar-refractivity contribution < 1.29 is 14.3 Å². The van der Waals surface area contributed by atoms with Gasteiger partial charge in [0.2, 0.25) is 5.91 Å². The first-order valence-electron chi connectivity index (χ1n) is 14.0. The fourth-order valence-corrected chi connectivity index (χ4v) is 5.28. The molecule has 40 heavy (non-hydrogen) atoms. The molecule has 0 bridgehead atoms. The van der Waals surface area contributed by atoms with Crippen molar-refractivity contribution in [1.82, 2.24) is 19.4 Å². The van der Waals surface area contributed by atoms with Gasteiger partial charge in [0.25, 0.3) is 5.91 Å². The van der Waals surface area contributed by atoms with Gasteiger partial charge in [-0.25, -0.2) is 4.79 Å². The average Bonchev–Trinajstić information content (AvgIpc) is 2.93. The summed E-state index contributed by atoms with van der Waals surface area (Å²) in [4.78, 5) is 51.2. The fraction of sp³-hybridized carbons (Fsp3) is 0.452. The van der Waals surface area contributed by atoms with Crippen LogP contribution in [-0.2, 0) is 27.4 Å². The first kappa shape index (κ1) is 29.1. The molecule has 0 atom stereocenters. The molecule has 1 aromatic carbocycles. The number of nitrogens with zero attached hydrogens (tertiary/aromatic N) is 5. The van der Waals surface area contributed by atoms with Gasteiger partial charge in [-0.2, -0.15) is 4.98 Å². The van der Waals surface area contributed by atoms with Crippen LogP contribution < -0.4 is 10.6 Å². The Kier molecular flexibility index (Phi) is 10.2. The molecule has 3 aromatic rings. The van der Waals surface area contributed by atoms with Gasteiger partial charge in [0, 0.05) is 69.2 Å². The number of rotatable bonds is 6. The zero-order valence-electron chi connectivity index (χ0n) is 23.8. The summed E-state index contributed by atoms with van der Waals surface area (Å²) in [6.07, 6.45) is 8.61. The van der Waals surface area contributed by atoms with Crippen LogP contribution in [0.4, 0.5) is 5.69 Å². The summed E-state index contributed by atoms with van der Waals surface area (Å²) in [5, 5.41) is 0. The standard InChI is InChI=1S/C31H39N5O4/c1-23-18-24(2)35(31(39)33-23)17-13-29(37)34-15-7-5-4-6-8-16-36(30(38)22-40-3)28-12-11-25(19-27(28)21-34)26-10-9-14-32-20-26/h9-12,14,18-20H,4-8,13,15-17,21-22H2,1-3H3. The molecule has 0 saturated carbocycles. The Morgan fingerprint density at radius 2 is 1.73 bits per heavy atom. The van der Waals surface area contributed by atoms with Crippen molar-refractivity contribution in [3.8, 4) is 11.1 Å². The number of fused-ring (bicyclic) bond motifs is 1. The number of aromatic nitrogens is 3. The minimum atomic E-state index is -0.335. The molecular weight excluding hydrogens is 506 g/mol. The van der Waals surface area contributed by atoms with Crippen molar-refractivity contribution in [2.24, 2.45) is 0 Å². The van der Waals surface area contributed by atoms with Crippen molar-refractivity contribution >= 4 is 17.5 Å². The Labute approximate surface area is 235 Å². The molecule has 4 rings (SSSR count). The average molecular weight is 546 g/mol. The van der Waals surface area contributed by atoms with Crippen LogP contribution in [-0.4, -0.2) is 58.1 Å². The molecule has 0 saturated heterocycles. The van der Waals surface area contributed by atoms with Crippen molar-refractivity contribution in [1.29, 1.82) is 0 Å². The van der Waals surface area contributed by atoms with Crippen LogP contribution in [0.25, 0.3) is 11.1 Å². The highest BCUT2D eigenvalue weighted by Crippen LogP contribution is 2.30. The summed E-state index contributed by atoms with van der Waals surface area (Å²) in [6.45, 7) is 5.48. The molecule has 0 spiro atoms. The van der Waals surface area contributed by atoms with Crippen molar-refractivity contribution in [3.63, 3.8) is 0 Å². The number of hydrogen-bond acceptors (Lipinski definition) is 6. The maximum absolute atomic E-state index is 13.6. The topological polar surface area (TPSA) is 97.6 Å². The molecule has 2 amide bonds. The van der Waals surface area contributed by atoms with E-state index in [-0.39, 0.29) is 37.1 Å². The molecule has 212 valence electrons. The number of pyridine rings is 1. The van der Waals surface area contributed by atoms with Crippen LogP contribution >= 0.6 is 0 Å². The number of carbonyl (C=O) groups is 2. The van der Waals surface area contributed by atoms with E-state index in [0.717, 1.165) is 60.2 Å². The quantitative estimate of drug-likeness (QED) is 0.459. The third-order valence-electron chi connectivity index (χ3n) is 7.35. The van der Waals surface area contributed by atoms with E-state index in [9.17, 15) is 14.4 Å². The maximum Gasteiger partial charge on any atom is 0.347 e. The summed E-state index contributed by atoms with van der Waals surface area (Å²) >= 11 is 0. The predicted octanol–water partition coefficient (Wildman–Crippen LogP) is 4.28. The number of anilines is 1. The zero-order valence-corrected chi connectivity index (χ0v) is 23.8. The minimum absolute atomic E-state index is 0.00880. The van der Waals surface area contributed by atoms with Crippen LogP contribution in [0.1, 0.15) is 55.5 Å². The highest BCUT2D eigenvalue weighted by Gasteiger charge is 2.23. The van der Waals surface area contributed by atoms with Gasteiger partial charge in [-0.3, -0.25) is 19.1 Å². The third kappa shape index (κ3) is 7.41. The predicted molar refractivity (Wildman–Crippen MR) is 155 cm³/mol. The van der Waals surface area contributed by atoms with E-state index in [0.29, 0.717) is 25.3 Å². The lowest BCUT2D eigenvalue weighted by Gasteiger charge is -2.30. The Bertz CT molecular complexity index is 1370. The number of ether oxygens (including phenoxy) is 1. The van der Waals surface area contributed by atoms with Crippen LogP contribution in [0.15, 0.2) is 53.6 Å². The van der Waals surface area contributed by atoms with Gasteiger partial charge >= 0.3 is 5.69 Å². The Morgan fingerprint density at radius 3 is 2.45 bits per heavy atom. The van der Waals surface area contributed by atoms with Gasteiger partial charge in [0.1, 0.15) is 6.61 Å². The smallest absolute Gasteiger partial charge is 0.347 e. The Balaban J connectivity index is 1.68. The number of hydrogen-bond donors (Lipinski definition) is 0. The van der Waals surface area contributed by atoms with E-state index in [1.807, 2.05) is 48.4 Å². The van der Waals surface area contributed by atoms with E-state index < -0.39 is 0 Å². The lowest BCUT2D eigenvalue weighted by molar-refractivity contribution is -0.132. The van der Waals surface area contributed by atoms with Gasteiger partial charge in [0.05, 0.1) is 0 Å². The van der Waals surface area contributed by atoms with E-state index in [1.54, 1.807) is 22.6 Å². The second-order valence-corrected chi connectivity index (χ2v) is 10.4. The van der Waals surface area contributed by atoms with Gasteiger partial charge in [-0.1, -0.05) is 31.4 Å². The highest BCUT2D eigenvalue weighted by atomic mass is 16.5. The van der Waals surface area contributed by atoms with Crippen molar-refractivity contribution in [2.45, 2.75) is 65.5 Å². The SMILES string of the molecule is COCC(=O)N1CCCCCCCN(C(=O)CCn2c(C)cc(C)nc2=O)Cc2cc(-c3cccnc3)ccc21. The minimum Gasteiger partial charge on any atom is -0.375 e. The first-order chi connectivity index (χ1) is 19.4. The number of aryl methyl sites for hydroxylation is 2. The van der Waals surface area contributed by atoms with E-state index in [4.69, 9.17) is 4.74 Å². The van der Waals surface area contributed by atoms with Gasteiger partial charge in [0.15, 0.2) is 0 Å². The normalized spacial score (nSPS) is 14.7. The number of methoxy groups -OCH3 is 1. The molecule has 0 aliphatic carbocycles. The van der Waals surface area contributed by atoms with Crippen LogP contribution in [0.3, 0.4) is 0 Å². The molecule has 0 unspecified atom stereocenters. The van der Waals surface area contributed by atoms with Crippen LogP contribution in [0.5, 0.6) is 0 Å². The number of carbonyl (C=O) groups excluding carboxylic acids is 2. The second kappa shape index (κ2) is 14.0. The number of amides is 2. The lowest BCUT2D eigenvalue weighted by Crippen LogP contribution is -2.37. The van der Waals surface area contributed by atoms with Crippen molar-refractivity contribution in [3.05, 3.63) is 76.2 Å². The highest BCUT2D eigenvalue weighted by molar-refractivity contribution is 5.95. The van der Waals surface area contributed by atoms with E-state index >= 15 is 0 Å². The molecule has 9 heteroatoms. The zero-order chi connectivity index (χ0) is 28.5. The van der Waals surface area contributed by atoms with Gasteiger partial charge in [-0.15, -0.1) is 0 Å². The van der Waals surface area contributed by atoms with E-state index in [2.05, 4.69) is 16.0 Å². The Morgan fingerprint density at radius 1 is 0.950 bits per heavy atom. The molecular formula is C31H39N5O4. The molecule has 9 nitrogen and oxygen atoms in total. The molecule has 1 aliphatic rings. The summed E-state index contributed by atoms with van der Waals surface area (Å²) in [6, 6.07) is 11.8. The summed E-state index contributed by atoms with van der Waals surface area (Å²) < 4.78 is 6.76. The molecule has 3 heterocycles. The van der Waals surface area contributed by atoms with Crippen LogP contribution in [0.2, 0.25) is 0 Å². The summed E-state index contributed by atoms with van der Waals surface area (Å²) in [5.41, 5.74) is 4.74. The van der Waals surface area contributed by atoms with Crippen molar-refractivity contribution in [2.75, 3.05) is 31.7 Å². The van der Waals surface area contributed by atoms with Crippen LogP contribution in [0, 0.1) is 13.8 Å². The monoisotopic (exact) mass is 545 g/mol. The first-order valence-corrected chi connectivity index (χ1v) is 14.0. The number of benzene rings is 1. The molecule has 2 aromatic heterocycles. The molecule has 1 aliphatic heterocycles. The summed E-state index contributed by atoms with van der Waals surface area (Å²) in [7, 11) is 1.53. The lowest BCUT2D eigenvalue weighted by atomic mass is 10.0. The second-order valence-electron chi connectivity index (χ2n) is 10.4. The fourth-order valence-electron chi connectivity index (χ4n) is 5.28. The van der Waals surface area contributed by atoms with Gasteiger partial charge < -0.3 is 14.5 Å². The third-order valence-corrected chi connectivity index (χ3v) is 7.35. The maximum atomic E-state index is 13.6. The summed E-state index contributed by atoms with van der Waals surface area (Å²) in [5.74, 6) is -0.133. The molecule has 0 radical (unpaired) electrons. The molecule has 0 fully saturated rings. The van der Waals surface area contributed by atoms with Gasteiger partial charge in [-0.05, 0) is 67.6 Å². The molecule has 0 N–H and O–H groups in total. The Hall–Kier alpha value is -3.85.